The molecule has 1 N–H and O–H groups in total. The molecule has 1 amide bonds. The van der Waals surface area contributed by atoms with Gasteiger partial charge in [-0.05, 0) is 50.9 Å². The number of likely N-dealkylation sites (N-methyl/N-ethyl adjacent to an activating group) is 1. The van der Waals surface area contributed by atoms with E-state index in [2.05, 4.69) is 69.1 Å². The molecular formula is C19H32N2O. The van der Waals surface area contributed by atoms with Crippen molar-refractivity contribution in [1.29, 1.82) is 0 Å². The zero-order valence-electron chi connectivity index (χ0n) is 15.3. The van der Waals surface area contributed by atoms with Crippen LogP contribution in [0, 0.1) is 0 Å². The SMILES string of the molecule is CN(C)C(C)(C)CNC(=O)CCc1ccc(C(C)(C)C)cc1. The van der Waals surface area contributed by atoms with Crippen molar-refractivity contribution in [2.45, 2.75) is 58.4 Å². The average Bonchev–Trinajstić information content (AvgIpc) is 2.42. The van der Waals surface area contributed by atoms with E-state index in [-0.39, 0.29) is 16.9 Å². The first kappa shape index (κ1) is 18.7. The van der Waals surface area contributed by atoms with Gasteiger partial charge in [-0.3, -0.25) is 4.79 Å². The quantitative estimate of drug-likeness (QED) is 0.874. The fourth-order valence-corrected chi connectivity index (χ4v) is 1.99. The minimum atomic E-state index is -0.0238. The van der Waals surface area contributed by atoms with Crippen LogP contribution < -0.4 is 5.32 Å². The summed E-state index contributed by atoms with van der Waals surface area (Å²) in [5, 5.41) is 3.03. The summed E-state index contributed by atoms with van der Waals surface area (Å²) in [7, 11) is 4.06. The topological polar surface area (TPSA) is 32.3 Å². The van der Waals surface area contributed by atoms with Crippen LogP contribution in [0.15, 0.2) is 24.3 Å². The Morgan fingerprint density at radius 3 is 2.05 bits per heavy atom. The molecule has 1 aromatic rings. The van der Waals surface area contributed by atoms with E-state index in [0.717, 1.165) is 6.42 Å². The van der Waals surface area contributed by atoms with E-state index >= 15 is 0 Å². The smallest absolute Gasteiger partial charge is 0.220 e. The summed E-state index contributed by atoms with van der Waals surface area (Å²) >= 11 is 0. The molecular weight excluding hydrogens is 272 g/mol. The van der Waals surface area contributed by atoms with Crippen molar-refractivity contribution in [3.63, 3.8) is 0 Å². The number of nitrogens with one attached hydrogen (secondary N) is 1. The highest BCUT2D eigenvalue weighted by molar-refractivity contribution is 5.76. The van der Waals surface area contributed by atoms with Crippen LogP contribution in [0.5, 0.6) is 0 Å². The Morgan fingerprint density at radius 1 is 1.05 bits per heavy atom. The van der Waals surface area contributed by atoms with Crippen LogP contribution >= 0.6 is 0 Å². The number of hydrogen-bond donors (Lipinski definition) is 1. The third-order valence-electron chi connectivity index (χ3n) is 4.39. The van der Waals surface area contributed by atoms with Crippen LogP contribution in [0.3, 0.4) is 0 Å². The van der Waals surface area contributed by atoms with Crippen LogP contribution in [0.4, 0.5) is 0 Å². The molecule has 0 bridgehead atoms. The van der Waals surface area contributed by atoms with Crippen LogP contribution in [-0.4, -0.2) is 37.0 Å². The fraction of sp³-hybridized carbons (Fsp3) is 0.632. The summed E-state index contributed by atoms with van der Waals surface area (Å²) < 4.78 is 0. The van der Waals surface area contributed by atoms with Gasteiger partial charge in [-0.15, -0.1) is 0 Å². The Balaban J connectivity index is 2.45. The van der Waals surface area contributed by atoms with Gasteiger partial charge >= 0.3 is 0 Å². The average molecular weight is 304 g/mol. The van der Waals surface area contributed by atoms with Gasteiger partial charge in [0.2, 0.25) is 5.91 Å². The number of amides is 1. The second-order valence-corrected chi connectivity index (χ2v) is 7.93. The summed E-state index contributed by atoms with van der Waals surface area (Å²) in [6.07, 6.45) is 1.33. The van der Waals surface area contributed by atoms with Gasteiger partial charge in [-0.1, -0.05) is 45.0 Å². The third-order valence-corrected chi connectivity index (χ3v) is 4.39. The van der Waals surface area contributed by atoms with Gasteiger partial charge in [0.05, 0.1) is 0 Å². The van der Waals surface area contributed by atoms with Crippen LogP contribution in [0.25, 0.3) is 0 Å². The van der Waals surface area contributed by atoms with Gasteiger partial charge in [-0.25, -0.2) is 0 Å². The van der Waals surface area contributed by atoms with Gasteiger partial charge in [0.15, 0.2) is 0 Å². The molecule has 0 atom stereocenters. The summed E-state index contributed by atoms with van der Waals surface area (Å²) in [5.74, 6) is 0.120. The molecule has 0 aromatic heterocycles. The number of carbonyl (C=O) groups excluding carboxylic acids is 1. The van der Waals surface area contributed by atoms with E-state index in [1.165, 1.54) is 11.1 Å². The minimum absolute atomic E-state index is 0.0238. The lowest BCUT2D eigenvalue weighted by Crippen LogP contribution is -2.48. The maximum atomic E-state index is 12.0. The van der Waals surface area contributed by atoms with Crippen LogP contribution in [0.2, 0.25) is 0 Å². The van der Waals surface area contributed by atoms with Crippen molar-refractivity contribution in [2.24, 2.45) is 0 Å². The number of benzene rings is 1. The Labute approximate surface area is 136 Å². The Kier molecular flexibility index (Phi) is 6.18. The molecule has 0 spiro atoms. The van der Waals surface area contributed by atoms with Crippen molar-refractivity contribution >= 4 is 5.91 Å². The molecule has 0 aliphatic rings. The minimum Gasteiger partial charge on any atom is -0.354 e. The monoisotopic (exact) mass is 304 g/mol. The number of aryl methyl sites for hydroxylation is 1. The van der Waals surface area contributed by atoms with E-state index < -0.39 is 0 Å². The van der Waals surface area contributed by atoms with Crippen LogP contribution in [-0.2, 0) is 16.6 Å². The van der Waals surface area contributed by atoms with E-state index in [9.17, 15) is 4.79 Å². The van der Waals surface area contributed by atoms with Gasteiger partial charge in [0.25, 0.3) is 0 Å². The van der Waals surface area contributed by atoms with Crippen molar-refractivity contribution in [2.75, 3.05) is 20.6 Å². The normalized spacial score (nSPS) is 12.5. The highest BCUT2D eigenvalue weighted by atomic mass is 16.1. The Morgan fingerprint density at radius 2 is 1.59 bits per heavy atom. The van der Waals surface area contributed by atoms with Gasteiger partial charge in [-0.2, -0.15) is 0 Å². The molecule has 0 unspecified atom stereocenters. The molecule has 0 radical (unpaired) electrons. The summed E-state index contributed by atoms with van der Waals surface area (Å²) in [6, 6.07) is 8.61. The second kappa shape index (κ2) is 7.28. The first-order valence-corrected chi connectivity index (χ1v) is 8.06. The lowest BCUT2D eigenvalue weighted by Gasteiger charge is -2.32. The zero-order chi connectivity index (χ0) is 17.0. The summed E-state index contributed by atoms with van der Waals surface area (Å²) in [6.45, 7) is 11.5. The predicted molar refractivity (Wildman–Crippen MR) is 94.2 cm³/mol. The summed E-state index contributed by atoms with van der Waals surface area (Å²) in [4.78, 5) is 14.1. The lowest BCUT2D eigenvalue weighted by atomic mass is 9.86. The molecule has 22 heavy (non-hydrogen) atoms. The van der Waals surface area contributed by atoms with Gasteiger partial charge in [0, 0.05) is 18.5 Å². The third kappa shape index (κ3) is 5.80. The molecule has 0 fully saturated rings. The first-order valence-electron chi connectivity index (χ1n) is 8.06. The standard InChI is InChI=1S/C19H32N2O/c1-18(2,3)16-11-8-15(9-12-16)10-13-17(22)20-14-19(4,5)21(6)7/h8-9,11-12H,10,13-14H2,1-7H3,(H,20,22). The molecule has 0 aliphatic carbocycles. The second-order valence-electron chi connectivity index (χ2n) is 7.93. The van der Waals surface area contributed by atoms with E-state index in [4.69, 9.17) is 0 Å². The van der Waals surface area contributed by atoms with Crippen molar-refractivity contribution in [3.05, 3.63) is 35.4 Å². The number of carbonyl (C=O) groups is 1. The van der Waals surface area contributed by atoms with E-state index in [1.807, 2.05) is 14.1 Å². The largest absolute Gasteiger partial charge is 0.354 e. The number of rotatable bonds is 6. The molecule has 0 saturated heterocycles. The van der Waals surface area contributed by atoms with E-state index in [1.54, 1.807) is 0 Å². The first-order chi connectivity index (χ1) is 10.0. The Bertz CT molecular complexity index is 481. The van der Waals surface area contributed by atoms with Gasteiger partial charge in [0.1, 0.15) is 0 Å². The van der Waals surface area contributed by atoms with Crippen molar-refractivity contribution in [3.8, 4) is 0 Å². The molecule has 124 valence electrons. The molecule has 3 heteroatoms. The highest BCUT2D eigenvalue weighted by Crippen LogP contribution is 2.22. The number of hydrogen-bond acceptors (Lipinski definition) is 2. The molecule has 1 aromatic carbocycles. The maximum Gasteiger partial charge on any atom is 0.220 e. The van der Waals surface area contributed by atoms with Crippen molar-refractivity contribution < 1.29 is 4.79 Å². The van der Waals surface area contributed by atoms with Gasteiger partial charge < -0.3 is 10.2 Å². The number of nitrogens with zero attached hydrogens (tertiary/aromatic N) is 1. The maximum absolute atomic E-state index is 12.0. The molecule has 0 saturated carbocycles. The van der Waals surface area contributed by atoms with Crippen molar-refractivity contribution in [1.82, 2.24) is 10.2 Å². The van der Waals surface area contributed by atoms with E-state index in [0.29, 0.717) is 13.0 Å². The zero-order valence-corrected chi connectivity index (χ0v) is 15.3. The Hall–Kier alpha value is -1.35. The molecule has 3 nitrogen and oxygen atoms in total. The fourth-order valence-electron chi connectivity index (χ4n) is 1.99. The summed E-state index contributed by atoms with van der Waals surface area (Å²) in [5.41, 5.74) is 2.70. The lowest BCUT2D eigenvalue weighted by molar-refractivity contribution is -0.121. The molecule has 0 aliphatic heterocycles. The predicted octanol–water partition coefficient (Wildman–Crippen LogP) is 3.37. The van der Waals surface area contributed by atoms with Crippen LogP contribution in [0.1, 0.15) is 52.2 Å². The molecule has 0 heterocycles. The highest BCUT2D eigenvalue weighted by Gasteiger charge is 2.20. The molecule has 1 rings (SSSR count).